The average molecular weight is 207 g/mol. The summed E-state index contributed by atoms with van der Waals surface area (Å²) in [6.45, 7) is 3.31. The molecule has 0 bridgehead atoms. The molecule has 1 atom stereocenters. The fraction of sp³-hybridized carbons (Fsp3) is 0.364. The van der Waals surface area contributed by atoms with Gasteiger partial charge in [-0.2, -0.15) is 5.06 Å². The number of hydroxylamine groups is 1. The summed E-state index contributed by atoms with van der Waals surface area (Å²) in [7, 11) is 0. The minimum atomic E-state index is -1.09. The van der Waals surface area contributed by atoms with Crippen LogP contribution in [0.25, 0.3) is 0 Å². The summed E-state index contributed by atoms with van der Waals surface area (Å²) in [4.78, 5) is 17.0. The average Bonchev–Trinajstić information content (AvgIpc) is 2.44. The normalized spacial score (nSPS) is 24.6. The van der Waals surface area contributed by atoms with E-state index in [-0.39, 0.29) is 5.91 Å². The van der Waals surface area contributed by atoms with Crippen molar-refractivity contribution in [1.82, 2.24) is 0 Å². The molecule has 1 heterocycles. The highest BCUT2D eigenvalue weighted by atomic mass is 16.8. The van der Waals surface area contributed by atoms with Crippen molar-refractivity contribution in [1.29, 1.82) is 0 Å². The van der Waals surface area contributed by atoms with E-state index in [4.69, 9.17) is 4.84 Å². The second kappa shape index (κ2) is 3.32. The Morgan fingerprint density at radius 2 is 1.93 bits per heavy atom. The van der Waals surface area contributed by atoms with Crippen LogP contribution in [0.1, 0.15) is 13.8 Å². The lowest BCUT2D eigenvalue weighted by Gasteiger charge is -2.15. The third-order valence-electron chi connectivity index (χ3n) is 2.55. The van der Waals surface area contributed by atoms with Gasteiger partial charge in [-0.25, -0.2) is 4.84 Å². The van der Waals surface area contributed by atoms with Crippen LogP contribution in [0.2, 0.25) is 0 Å². The molecule has 1 aliphatic heterocycles. The maximum absolute atomic E-state index is 11.9. The molecule has 1 saturated heterocycles. The highest BCUT2D eigenvalue weighted by Crippen LogP contribution is 2.35. The van der Waals surface area contributed by atoms with E-state index in [0.29, 0.717) is 5.69 Å². The molecule has 0 spiro atoms. The maximum Gasteiger partial charge on any atom is 0.261 e. The first-order valence-electron chi connectivity index (χ1n) is 4.78. The Kier molecular flexibility index (Phi) is 2.25. The molecule has 1 unspecified atom stereocenters. The molecule has 0 radical (unpaired) electrons. The topological polar surface area (TPSA) is 49.8 Å². The van der Waals surface area contributed by atoms with Crippen molar-refractivity contribution in [3.8, 4) is 0 Å². The van der Waals surface area contributed by atoms with Gasteiger partial charge >= 0.3 is 0 Å². The summed E-state index contributed by atoms with van der Waals surface area (Å²) in [6, 6.07) is 8.98. The number of nitrogens with zero attached hydrogens (tertiary/aromatic N) is 1. The lowest BCUT2D eigenvalue weighted by atomic mass is 9.92. The first-order valence-corrected chi connectivity index (χ1v) is 4.78. The van der Waals surface area contributed by atoms with Crippen molar-refractivity contribution in [3.05, 3.63) is 30.3 Å². The summed E-state index contributed by atoms with van der Waals surface area (Å²) in [5, 5.41) is 10.7. The van der Waals surface area contributed by atoms with Crippen molar-refractivity contribution >= 4 is 11.6 Å². The smallest absolute Gasteiger partial charge is 0.261 e. The molecule has 1 aromatic carbocycles. The fourth-order valence-electron chi connectivity index (χ4n) is 1.39. The minimum absolute atomic E-state index is 0.235. The standard InChI is InChI=1S/C11H13NO3/c1-11(2)9(13)12(15-10(11)14)8-6-4-3-5-7-8/h3-7,10,14H,1-2H3. The van der Waals surface area contributed by atoms with Crippen LogP contribution in [0.15, 0.2) is 30.3 Å². The number of rotatable bonds is 1. The summed E-state index contributed by atoms with van der Waals surface area (Å²) in [5.41, 5.74) is -0.261. The van der Waals surface area contributed by atoms with Crippen LogP contribution in [0, 0.1) is 5.41 Å². The van der Waals surface area contributed by atoms with E-state index in [2.05, 4.69) is 0 Å². The highest BCUT2D eigenvalue weighted by Gasteiger charge is 2.48. The molecule has 2 rings (SSSR count). The number of benzene rings is 1. The van der Waals surface area contributed by atoms with Gasteiger partial charge in [-0.1, -0.05) is 18.2 Å². The predicted molar refractivity (Wildman–Crippen MR) is 54.8 cm³/mol. The number of anilines is 1. The Balaban J connectivity index is 2.32. The Morgan fingerprint density at radius 1 is 1.33 bits per heavy atom. The van der Waals surface area contributed by atoms with Gasteiger partial charge in [-0.05, 0) is 26.0 Å². The van der Waals surface area contributed by atoms with Crippen molar-refractivity contribution in [2.24, 2.45) is 5.41 Å². The van der Waals surface area contributed by atoms with Crippen LogP contribution >= 0.6 is 0 Å². The van der Waals surface area contributed by atoms with E-state index in [9.17, 15) is 9.90 Å². The fourth-order valence-corrected chi connectivity index (χ4v) is 1.39. The van der Waals surface area contributed by atoms with Gasteiger partial charge in [0.15, 0.2) is 6.29 Å². The molecule has 1 aromatic rings. The number of carbonyl (C=O) groups is 1. The first kappa shape index (κ1) is 10.1. The number of hydrogen-bond donors (Lipinski definition) is 1. The summed E-state index contributed by atoms with van der Waals surface area (Å²) in [6.07, 6.45) is -1.09. The zero-order valence-electron chi connectivity index (χ0n) is 8.68. The van der Waals surface area contributed by atoms with Gasteiger partial charge < -0.3 is 5.11 Å². The molecular weight excluding hydrogens is 194 g/mol. The van der Waals surface area contributed by atoms with Gasteiger partial charge in [-0.15, -0.1) is 0 Å². The molecule has 1 aliphatic rings. The van der Waals surface area contributed by atoms with Crippen LogP contribution in [0.4, 0.5) is 5.69 Å². The summed E-state index contributed by atoms with van der Waals surface area (Å²) in [5.74, 6) is -0.235. The van der Waals surface area contributed by atoms with Crippen LogP contribution in [0.5, 0.6) is 0 Å². The summed E-state index contributed by atoms with van der Waals surface area (Å²) >= 11 is 0. The Morgan fingerprint density at radius 3 is 2.40 bits per heavy atom. The summed E-state index contributed by atoms with van der Waals surface area (Å²) < 4.78 is 0. The lowest BCUT2D eigenvalue weighted by Crippen LogP contribution is -2.32. The first-order chi connectivity index (χ1) is 7.03. The number of amides is 1. The van der Waals surface area contributed by atoms with Crippen LogP contribution < -0.4 is 5.06 Å². The molecule has 0 saturated carbocycles. The Labute approximate surface area is 88.0 Å². The van der Waals surface area contributed by atoms with Crippen molar-refractivity contribution in [2.75, 3.05) is 5.06 Å². The molecular formula is C11H13NO3. The van der Waals surface area contributed by atoms with Gasteiger partial charge in [0.1, 0.15) is 0 Å². The second-order valence-corrected chi connectivity index (χ2v) is 4.11. The largest absolute Gasteiger partial charge is 0.365 e. The quantitative estimate of drug-likeness (QED) is 0.755. The van der Waals surface area contributed by atoms with E-state index in [1.54, 1.807) is 26.0 Å². The highest BCUT2D eigenvalue weighted by molar-refractivity contribution is 5.97. The third kappa shape index (κ3) is 1.52. The van der Waals surface area contributed by atoms with Crippen molar-refractivity contribution in [3.63, 3.8) is 0 Å². The number of carbonyl (C=O) groups excluding carboxylic acids is 1. The molecule has 1 amide bonds. The molecule has 80 valence electrons. The number of aliphatic hydroxyl groups excluding tert-OH is 1. The number of aliphatic hydroxyl groups is 1. The van der Waals surface area contributed by atoms with Crippen LogP contribution in [-0.2, 0) is 9.63 Å². The maximum atomic E-state index is 11.9. The zero-order chi connectivity index (χ0) is 11.1. The Bertz CT molecular complexity index is 375. The Hall–Kier alpha value is -1.39. The molecule has 4 nitrogen and oxygen atoms in total. The van der Waals surface area contributed by atoms with Gasteiger partial charge in [0.25, 0.3) is 5.91 Å². The lowest BCUT2D eigenvalue weighted by molar-refractivity contribution is -0.129. The van der Waals surface area contributed by atoms with E-state index in [1.165, 1.54) is 0 Å². The number of para-hydroxylation sites is 1. The molecule has 4 heteroatoms. The van der Waals surface area contributed by atoms with Gasteiger partial charge in [-0.3, -0.25) is 4.79 Å². The van der Waals surface area contributed by atoms with Gasteiger partial charge in [0.05, 0.1) is 11.1 Å². The van der Waals surface area contributed by atoms with E-state index in [0.717, 1.165) is 5.06 Å². The van der Waals surface area contributed by atoms with Crippen LogP contribution in [-0.4, -0.2) is 17.3 Å². The molecule has 0 aliphatic carbocycles. The second-order valence-electron chi connectivity index (χ2n) is 4.11. The van der Waals surface area contributed by atoms with Gasteiger partial charge in [0.2, 0.25) is 0 Å². The molecule has 1 N–H and O–H groups in total. The SMILES string of the molecule is CC1(C)C(=O)N(c2ccccc2)OC1O. The van der Waals surface area contributed by atoms with Crippen molar-refractivity contribution in [2.45, 2.75) is 20.1 Å². The van der Waals surface area contributed by atoms with E-state index < -0.39 is 11.7 Å². The molecule has 0 aromatic heterocycles. The molecule has 1 fully saturated rings. The van der Waals surface area contributed by atoms with Crippen LogP contribution in [0.3, 0.4) is 0 Å². The molecule has 15 heavy (non-hydrogen) atoms. The van der Waals surface area contributed by atoms with Crippen molar-refractivity contribution < 1.29 is 14.7 Å². The zero-order valence-corrected chi connectivity index (χ0v) is 8.68. The van der Waals surface area contributed by atoms with E-state index in [1.807, 2.05) is 18.2 Å². The third-order valence-corrected chi connectivity index (χ3v) is 2.55. The minimum Gasteiger partial charge on any atom is -0.365 e. The van der Waals surface area contributed by atoms with Gasteiger partial charge in [0, 0.05) is 0 Å². The number of hydrogen-bond acceptors (Lipinski definition) is 3. The van der Waals surface area contributed by atoms with E-state index >= 15 is 0 Å². The predicted octanol–water partition coefficient (Wildman–Crippen LogP) is 1.31. The monoisotopic (exact) mass is 207 g/mol.